The molecule has 0 bridgehead atoms. The number of nitrogens with zero attached hydrogens (tertiary/aromatic N) is 1. The van der Waals surface area contributed by atoms with Crippen LogP contribution in [0, 0.1) is 5.82 Å². The minimum atomic E-state index is -3.77. The predicted molar refractivity (Wildman–Crippen MR) is 68.7 cm³/mol. The summed E-state index contributed by atoms with van der Waals surface area (Å²) in [4.78, 5) is 3.98. The van der Waals surface area contributed by atoms with Crippen LogP contribution in [-0.4, -0.2) is 13.4 Å². The largest absolute Gasteiger partial charge is 0.263 e. The number of halogens is 1. The molecule has 0 unspecified atom stereocenters. The number of rotatable bonds is 4. The Labute approximate surface area is 109 Å². The molecule has 1 aromatic carbocycles. The summed E-state index contributed by atoms with van der Waals surface area (Å²) in [5, 5.41) is 2.07. The lowest BCUT2D eigenvalue weighted by Crippen LogP contribution is -2.13. The van der Waals surface area contributed by atoms with E-state index in [4.69, 9.17) is 0 Å². The molecule has 0 radical (unpaired) electrons. The molecule has 2 aromatic rings. The van der Waals surface area contributed by atoms with E-state index in [9.17, 15) is 12.8 Å². The fraction of sp³-hybridized carbons (Fsp3) is 0.182. The summed E-state index contributed by atoms with van der Waals surface area (Å²) in [6.45, 7) is 1.93. The second-order valence-electron chi connectivity index (χ2n) is 3.56. The summed E-state index contributed by atoms with van der Waals surface area (Å²) < 4.78 is 39.2. The lowest BCUT2D eigenvalue weighted by atomic mass is 10.4. The first kappa shape index (κ1) is 13.0. The van der Waals surface area contributed by atoms with Crippen molar-refractivity contribution >= 4 is 26.5 Å². The number of aromatic nitrogens is 1. The fourth-order valence-corrected chi connectivity index (χ4v) is 3.40. The van der Waals surface area contributed by atoms with Crippen molar-refractivity contribution in [2.75, 3.05) is 4.72 Å². The van der Waals surface area contributed by atoms with Gasteiger partial charge >= 0.3 is 0 Å². The lowest BCUT2D eigenvalue weighted by Gasteiger charge is -2.04. The van der Waals surface area contributed by atoms with Crippen molar-refractivity contribution in [3.63, 3.8) is 0 Å². The molecule has 1 aromatic heterocycles. The molecule has 0 aliphatic heterocycles. The van der Waals surface area contributed by atoms with Gasteiger partial charge in [0.2, 0.25) is 0 Å². The number of hydrogen-bond acceptors (Lipinski definition) is 4. The average Bonchev–Trinajstić information content (AvgIpc) is 2.76. The van der Waals surface area contributed by atoms with Crippen LogP contribution < -0.4 is 4.72 Å². The highest BCUT2D eigenvalue weighted by Gasteiger charge is 2.16. The van der Waals surface area contributed by atoms with Crippen LogP contribution in [0.2, 0.25) is 0 Å². The summed E-state index contributed by atoms with van der Waals surface area (Å²) in [5.41, 5.74) is 0.817. The van der Waals surface area contributed by atoms with E-state index in [1.807, 2.05) is 6.92 Å². The first-order chi connectivity index (χ1) is 8.51. The smallest absolute Gasteiger partial charge is 0.255 e. The molecule has 0 spiro atoms. The van der Waals surface area contributed by atoms with Crippen LogP contribution in [0.4, 0.5) is 9.52 Å². The van der Waals surface area contributed by atoms with E-state index in [1.165, 1.54) is 29.5 Å². The molecule has 0 saturated carbocycles. The highest BCUT2D eigenvalue weighted by Crippen LogP contribution is 2.20. The molecule has 0 atom stereocenters. The number of sulfonamides is 1. The van der Waals surface area contributed by atoms with E-state index in [-0.39, 0.29) is 10.0 Å². The van der Waals surface area contributed by atoms with Gasteiger partial charge in [-0.15, -0.1) is 11.3 Å². The molecule has 0 saturated heterocycles. The third-order valence-corrected chi connectivity index (χ3v) is 4.51. The quantitative estimate of drug-likeness (QED) is 0.940. The van der Waals surface area contributed by atoms with E-state index < -0.39 is 15.8 Å². The number of benzene rings is 1. The summed E-state index contributed by atoms with van der Waals surface area (Å²) in [6, 6.07) is 4.84. The van der Waals surface area contributed by atoms with Gasteiger partial charge in [0.25, 0.3) is 10.0 Å². The van der Waals surface area contributed by atoms with Crippen molar-refractivity contribution in [3.05, 3.63) is 41.2 Å². The molecule has 0 aliphatic carbocycles. The third kappa shape index (κ3) is 2.85. The SMILES string of the molecule is CCc1csc(NS(=O)(=O)c2cccc(F)c2)n1. The zero-order valence-corrected chi connectivity index (χ0v) is 11.2. The Bertz CT molecular complexity index is 653. The first-order valence-electron chi connectivity index (χ1n) is 5.24. The second kappa shape index (κ2) is 5.03. The van der Waals surface area contributed by atoms with Gasteiger partial charge in [0, 0.05) is 5.38 Å². The monoisotopic (exact) mass is 286 g/mol. The minimum absolute atomic E-state index is 0.115. The molecule has 7 heteroatoms. The van der Waals surface area contributed by atoms with Crippen molar-refractivity contribution in [3.8, 4) is 0 Å². The van der Waals surface area contributed by atoms with Crippen molar-refractivity contribution < 1.29 is 12.8 Å². The van der Waals surface area contributed by atoms with E-state index in [1.54, 1.807) is 5.38 Å². The Hall–Kier alpha value is -1.47. The van der Waals surface area contributed by atoms with Crippen molar-refractivity contribution in [1.29, 1.82) is 0 Å². The Morgan fingerprint density at radius 1 is 1.44 bits per heavy atom. The average molecular weight is 286 g/mol. The van der Waals surface area contributed by atoms with Gasteiger partial charge in [-0.25, -0.2) is 17.8 Å². The molecule has 2 rings (SSSR count). The maximum Gasteiger partial charge on any atom is 0.263 e. The van der Waals surface area contributed by atoms with E-state index >= 15 is 0 Å². The molecule has 1 heterocycles. The van der Waals surface area contributed by atoms with Gasteiger partial charge in [-0.1, -0.05) is 13.0 Å². The van der Waals surface area contributed by atoms with Crippen molar-refractivity contribution in [1.82, 2.24) is 4.98 Å². The Kier molecular flexibility index (Phi) is 3.63. The fourth-order valence-electron chi connectivity index (χ4n) is 1.32. The number of nitrogens with one attached hydrogen (secondary N) is 1. The van der Waals surface area contributed by atoms with Gasteiger partial charge in [0.05, 0.1) is 10.6 Å². The summed E-state index contributed by atoms with van der Waals surface area (Å²) >= 11 is 1.20. The van der Waals surface area contributed by atoms with Crippen LogP contribution in [0.1, 0.15) is 12.6 Å². The number of thiazole rings is 1. The zero-order chi connectivity index (χ0) is 13.2. The molecular formula is C11H11FN2O2S2. The Morgan fingerprint density at radius 2 is 2.22 bits per heavy atom. The minimum Gasteiger partial charge on any atom is -0.255 e. The summed E-state index contributed by atoms with van der Waals surface area (Å²) in [7, 11) is -3.77. The number of hydrogen-bond donors (Lipinski definition) is 1. The van der Waals surface area contributed by atoms with Gasteiger partial charge in [0.15, 0.2) is 5.13 Å². The van der Waals surface area contributed by atoms with Gasteiger partial charge in [0.1, 0.15) is 5.82 Å². The molecule has 0 aliphatic rings. The van der Waals surface area contributed by atoms with Gasteiger partial charge in [-0.2, -0.15) is 0 Å². The highest BCUT2D eigenvalue weighted by molar-refractivity contribution is 7.93. The van der Waals surface area contributed by atoms with Crippen LogP contribution in [0.15, 0.2) is 34.5 Å². The maximum absolute atomic E-state index is 13.0. The Morgan fingerprint density at radius 3 is 2.83 bits per heavy atom. The predicted octanol–water partition coefficient (Wildman–Crippen LogP) is 2.65. The van der Waals surface area contributed by atoms with Crippen LogP contribution in [-0.2, 0) is 16.4 Å². The van der Waals surface area contributed by atoms with Gasteiger partial charge < -0.3 is 0 Å². The molecule has 1 N–H and O–H groups in total. The van der Waals surface area contributed by atoms with E-state index in [0.29, 0.717) is 0 Å². The number of aryl methyl sites for hydroxylation is 1. The molecule has 18 heavy (non-hydrogen) atoms. The van der Waals surface area contributed by atoms with Gasteiger partial charge in [-0.3, -0.25) is 4.72 Å². The zero-order valence-electron chi connectivity index (χ0n) is 9.55. The topological polar surface area (TPSA) is 59.1 Å². The molecular weight excluding hydrogens is 275 g/mol. The lowest BCUT2D eigenvalue weighted by molar-refractivity contribution is 0.595. The maximum atomic E-state index is 13.0. The van der Waals surface area contributed by atoms with E-state index in [0.717, 1.165) is 18.2 Å². The van der Waals surface area contributed by atoms with Crippen LogP contribution in [0.3, 0.4) is 0 Å². The first-order valence-corrected chi connectivity index (χ1v) is 7.60. The van der Waals surface area contributed by atoms with Crippen LogP contribution in [0.25, 0.3) is 0 Å². The van der Waals surface area contributed by atoms with E-state index in [2.05, 4.69) is 9.71 Å². The van der Waals surface area contributed by atoms with Crippen molar-refractivity contribution in [2.45, 2.75) is 18.2 Å². The molecule has 0 amide bonds. The normalized spacial score (nSPS) is 11.4. The highest BCUT2D eigenvalue weighted by atomic mass is 32.2. The molecule has 0 fully saturated rings. The summed E-state index contributed by atoms with van der Waals surface area (Å²) in [5.74, 6) is -0.591. The Balaban J connectivity index is 2.27. The standard InChI is InChI=1S/C11H11FN2O2S2/c1-2-9-7-17-11(13-9)14-18(15,16)10-5-3-4-8(12)6-10/h3-7H,2H2,1H3,(H,13,14). The van der Waals surface area contributed by atoms with Gasteiger partial charge in [-0.05, 0) is 24.6 Å². The molecule has 4 nitrogen and oxygen atoms in total. The third-order valence-electron chi connectivity index (χ3n) is 2.24. The van der Waals surface area contributed by atoms with Crippen molar-refractivity contribution in [2.24, 2.45) is 0 Å². The van der Waals surface area contributed by atoms with Crippen LogP contribution >= 0.6 is 11.3 Å². The summed E-state index contributed by atoms with van der Waals surface area (Å²) in [6.07, 6.45) is 0.734. The molecule has 96 valence electrons. The second-order valence-corrected chi connectivity index (χ2v) is 6.10. The number of anilines is 1. The van der Waals surface area contributed by atoms with Crippen LogP contribution in [0.5, 0.6) is 0 Å².